The summed E-state index contributed by atoms with van der Waals surface area (Å²) in [7, 11) is 0. The Labute approximate surface area is 92.1 Å². The van der Waals surface area contributed by atoms with Crippen LogP contribution in [-0.4, -0.2) is 23.9 Å². The largest absolute Gasteiger partial charge is 0.342 e. The summed E-state index contributed by atoms with van der Waals surface area (Å²) < 4.78 is 0. The molecule has 1 rings (SSSR count). The quantitative estimate of drug-likeness (QED) is 0.612. The Kier molecular flexibility index (Phi) is 3.08. The Balaban J connectivity index is 2.60. The maximum absolute atomic E-state index is 12.0. The molecule has 1 fully saturated rings. The van der Waals surface area contributed by atoms with Crippen LogP contribution in [0.25, 0.3) is 0 Å². The van der Waals surface area contributed by atoms with E-state index in [1.807, 2.05) is 32.6 Å². The van der Waals surface area contributed by atoms with Crippen molar-refractivity contribution in [1.82, 2.24) is 4.90 Å². The molecular weight excluding hydrogens is 188 g/mol. The topological polar surface area (TPSA) is 44.1 Å². The Hall–Kier alpha value is -1.04. The summed E-state index contributed by atoms with van der Waals surface area (Å²) in [4.78, 5) is 13.8. The van der Waals surface area contributed by atoms with Gasteiger partial charge in [0, 0.05) is 18.5 Å². The normalized spacial score (nSPS) is 20.9. The molecule has 0 aliphatic carbocycles. The highest BCUT2D eigenvalue weighted by molar-refractivity contribution is 5.81. The van der Waals surface area contributed by atoms with E-state index < -0.39 is 0 Å². The number of piperidine rings is 1. The summed E-state index contributed by atoms with van der Waals surface area (Å²) >= 11 is 0. The zero-order valence-corrected chi connectivity index (χ0v) is 10.1. The molecule has 0 saturated carbocycles. The average molecular weight is 208 g/mol. The van der Waals surface area contributed by atoms with Gasteiger partial charge in [-0.2, -0.15) is 5.26 Å². The number of hydrogen-bond donors (Lipinski definition) is 0. The minimum absolute atomic E-state index is 0.197. The van der Waals surface area contributed by atoms with Gasteiger partial charge in [0.2, 0.25) is 5.91 Å². The lowest BCUT2D eigenvalue weighted by Crippen LogP contribution is -2.46. The van der Waals surface area contributed by atoms with Crippen molar-refractivity contribution in [1.29, 1.82) is 5.26 Å². The summed E-state index contributed by atoms with van der Waals surface area (Å²) in [5.74, 6) is 0.197. The van der Waals surface area contributed by atoms with Gasteiger partial charge in [-0.3, -0.25) is 4.79 Å². The molecule has 0 radical (unpaired) electrons. The Bertz CT molecular complexity index is 288. The van der Waals surface area contributed by atoms with Gasteiger partial charge in [-0.25, -0.2) is 0 Å². The average Bonchev–Trinajstić information content (AvgIpc) is 2.17. The first-order chi connectivity index (χ1) is 6.78. The molecule has 1 aliphatic heterocycles. The van der Waals surface area contributed by atoms with E-state index >= 15 is 0 Å². The number of carbonyl (C=O) groups excluding carboxylic acids is 1. The maximum atomic E-state index is 12.0. The summed E-state index contributed by atoms with van der Waals surface area (Å²) in [5, 5.41) is 8.98. The number of likely N-dealkylation sites (tertiary alicyclic amines) is 1. The van der Waals surface area contributed by atoms with Crippen molar-refractivity contribution in [3.8, 4) is 6.07 Å². The predicted octanol–water partition coefficient (Wildman–Crippen LogP) is 2.18. The zero-order chi connectivity index (χ0) is 11.7. The molecule has 84 valence electrons. The molecule has 3 nitrogen and oxygen atoms in total. The van der Waals surface area contributed by atoms with Gasteiger partial charge in [0.25, 0.3) is 0 Å². The number of nitriles is 1. The number of rotatable bonds is 0. The van der Waals surface area contributed by atoms with Crippen molar-refractivity contribution in [3.63, 3.8) is 0 Å². The van der Waals surface area contributed by atoms with Crippen LogP contribution in [0, 0.1) is 22.2 Å². The molecule has 0 bridgehead atoms. The fourth-order valence-electron chi connectivity index (χ4n) is 1.79. The second-order valence-electron chi connectivity index (χ2n) is 5.71. The highest BCUT2D eigenvalue weighted by Gasteiger charge is 2.35. The monoisotopic (exact) mass is 208 g/mol. The first-order valence-electron chi connectivity index (χ1n) is 5.49. The number of nitrogens with zero attached hydrogens (tertiary/aromatic N) is 2. The van der Waals surface area contributed by atoms with E-state index in [2.05, 4.69) is 6.07 Å². The molecule has 0 aromatic heterocycles. The molecule has 1 saturated heterocycles. The van der Waals surface area contributed by atoms with Crippen molar-refractivity contribution >= 4 is 5.91 Å². The minimum atomic E-state index is -0.305. The lowest BCUT2D eigenvalue weighted by Gasteiger charge is -2.37. The van der Waals surface area contributed by atoms with Crippen LogP contribution in [0.15, 0.2) is 0 Å². The second-order valence-corrected chi connectivity index (χ2v) is 5.71. The number of hydrogen-bond acceptors (Lipinski definition) is 2. The van der Waals surface area contributed by atoms with Gasteiger partial charge in [0.1, 0.15) is 0 Å². The van der Waals surface area contributed by atoms with Crippen LogP contribution in [-0.2, 0) is 4.79 Å². The van der Waals surface area contributed by atoms with E-state index in [0.717, 1.165) is 25.9 Å². The Morgan fingerprint density at radius 3 is 2.13 bits per heavy atom. The zero-order valence-electron chi connectivity index (χ0n) is 10.1. The van der Waals surface area contributed by atoms with Crippen LogP contribution < -0.4 is 0 Å². The van der Waals surface area contributed by atoms with Gasteiger partial charge >= 0.3 is 0 Å². The maximum Gasteiger partial charge on any atom is 0.227 e. The van der Waals surface area contributed by atoms with Crippen LogP contribution in [0.4, 0.5) is 0 Å². The van der Waals surface area contributed by atoms with Crippen LogP contribution in [0.5, 0.6) is 0 Å². The van der Waals surface area contributed by atoms with Gasteiger partial charge < -0.3 is 4.90 Å². The molecule has 0 spiro atoms. The highest BCUT2D eigenvalue weighted by atomic mass is 16.2. The van der Waals surface area contributed by atoms with Crippen molar-refractivity contribution in [2.45, 2.75) is 40.5 Å². The fourth-order valence-corrected chi connectivity index (χ4v) is 1.79. The molecule has 1 heterocycles. The standard InChI is InChI=1S/C12H20N2O/c1-11(2,3)10(15)14-7-5-12(4,9-13)6-8-14/h5-8H2,1-4H3. The predicted molar refractivity (Wildman–Crippen MR) is 59.0 cm³/mol. The smallest absolute Gasteiger partial charge is 0.227 e. The first-order valence-corrected chi connectivity index (χ1v) is 5.49. The van der Waals surface area contributed by atoms with E-state index in [9.17, 15) is 4.79 Å². The molecule has 0 aromatic rings. The van der Waals surface area contributed by atoms with E-state index in [4.69, 9.17) is 5.26 Å². The molecule has 0 atom stereocenters. The third kappa shape index (κ3) is 2.71. The van der Waals surface area contributed by atoms with Gasteiger partial charge in [-0.05, 0) is 19.8 Å². The van der Waals surface area contributed by atoms with E-state index in [1.54, 1.807) is 0 Å². The third-order valence-corrected chi connectivity index (χ3v) is 3.07. The van der Waals surface area contributed by atoms with Crippen LogP contribution in [0.3, 0.4) is 0 Å². The van der Waals surface area contributed by atoms with Crippen molar-refractivity contribution in [3.05, 3.63) is 0 Å². The SMILES string of the molecule is CC1(C#N)CCN(C(=O)C(C)(C)C)CC1. The summed E-state index contributed by atoms with van der Waals surface area (Å²) in [6.07, 6.45) is 1.59. The second kappa shape index (κ2) is 3.84. The highest BCUT2D eigenvalue weighted by Crippen LogP contribution is 2.31. The molecule has 0 N–H and O–H groups in total. The van der Waals surface area contributed by atoms with Crippen molar-refractivity contribution in [2.75, 3.05) is 13.1 Å². The Morgan fingerprint density at radius 2 is 1.80 bits per heavy atom. The number of amides is 1. The molecule has 15 heavy (non-hydrogen) atoms. The van der Waals surface area contributed by atoms with E-state index in [-0.39, 0.29) is 16.7 Å². The van der Waals surface area contributed by atoms with Gasteiger partial charge in [-0.15, -0.1) is 0 Å². The van der Waals surface area contributed by atoms with Gasteiger partial charge in [-0.1, -0.05) is 20.8 Å². The lowest BCUT2D eigenvalue weighted by atomic mass is 9.81. The molecule has 1 aliphatic rings. The van der Waals surface area contributed by atoms with E-state index in [0.29, 0.717) is 0 Å². The summed E-state index contributed by atoms with van der Waals surface area (Å²) in [6.45, 7) is 9.24. The Morgan fingerprint density at radius 1 is 1.33 bits per heavy atom. The number of carbonyl (C=O) groups is 1. The molecule has 0 unspecified atom stereocenters. The van der Waals surface area contributed by atoms with Gasteiger partial charge in [0.05, 0.1) is 11.5 Å². The van der Waals surface area contributed by atoms with Crippen LogP contribution in [0.2, 0.25) is 0 Å². The minimum Gasteiger partial charge on any atom is -0.342 e. The van der Waals surface area contributed by atoms with Crippen LogP contribution >= 0.6 is 0 Å². The van der Waals surface area contributed by atoms with Crippen LogP contribution in [0.1, 0.15) is 40.5 Å². The van der Waals surface area contributed by atoms with E-state index in [1.165, 1.54) is 0 Å². The third-order valence-electron chi connectivity index (χ3n) is 3.07. The summed E-state index contributed by atoms with van der Waals surface area (Å²) in [5.41, 5.74) is -0.533. The lowest BCUT2D eigenvalue weighted by molar-refractivity contribution is -0.141. The molecule has 0 aromatic carbocycles. The first kappa shape index (κ1) is 12.0. The molecular formula is C12H20N2O. The van der Waals surface area contributed by atoms with Gasteiger partial charge in [0.15, 0.2) is 0 Å². The molecule has 1 amide bonds. The summed E-state index contributed by atoms with van der Waals surface area (Å²) in [6, 6.07) is 2.34. The van der Waals surface area contributed by atoms with Crippen molar-refractivity contribution in [2.24, 2.45) is 10.8 Å². The van der Waals surface area contributed by atoms with Crippen molar-refractivity contribution < 1.29 is 4.79 Å². The molecule has 3 heteroatoms. The fraction of sp³-hybridized carbons (Fsp3) is 0.833.